The number of rotatable bonds is 6. The van der Waals surface area contributed by atoms with Gasteiger partial charge in [-0.2, -0.15) is 0 Å². The van der Waals surface area contributed by atoms with Crippen LogP contribution in [-0.2, 0) is 11.3 Å². The Labute approximate surface area is 238 Å². The molecule has 1 amide bonds. The van der Waals surface area contributed by atoms with Crippen LogP contribution < -0.4 is 32.0 Å². The molecule has 0 bridgehead atoms. The molecule has 10 nitrogen and oxygen atoms in total. The molecule has 4 aromatic rings. The molecule has 1 aliphatic carbocycles. The van der Waals surface area contributed by atoms with Crippen LogP contribution in [0.4, 0.5) is 22.5 Å². The zero-order valence-electron chi connectivity index (χ0n) is 21.8. The molecule has 6 heterocycles. The summed E-state index contributed by atoms with van der Waals surface area (Å²) in [6, 6.07) is 7.74. The van der Waals surface area contributed by atoms with Gasteiger partial charge in [0.25, 0.3) is 5.91 Å². The number of morpholine rings is 1. The standard InChI is InChI=1S/C28H30N6O4S2/c29-17-3-1-2-4-18(17)31-21-11-15-13-30-28(36)24(15)27(32-21)33-22-6-5-20(40-22)16-14-39-26-19(35)12-23(38-25(16)26)34-7-9-37-10-8-34/h5-6,11-12,14,17-18H,1-4,7-10,13,29H2,(H,30,36)(H2,31,32,33)/t17-,18+/m1/s1. The molecule has 4 aromatic heterocycles. The van der Waals surface area contributed by atoms with E-state index in [2.05, 4.69) is 16.0 Å². The van der Waals surface area contributed by atoms with E-state index >= 15 is 0 Å². The van der Waals surface area contributed by atoms with Crippen LogP contribution in [0.5, 0.6) is 0 Å². The quantitative estimate of drug-likeness (QED) is 0.261. The maximum absolute atomic E-state index is 12.9. The molecular formula is C28H30N6O4S2. The van der Waals surface area contributed by atoms with Crippen molar-refractivity contribution in [1.29, 1.82) is 0 Å². The molecule has 7 rings (SSSR count). The first-order valence-corrected chi connectivity index (χ1v) is 15.3. The fourth-order valence-electron chi connectivity index (χ4n) is 5.65. The Morgan fingerprint density at radius 3 is 2.83 bits per heavy atom. The second kappa shape index (κ2) is 10.5. The van der Waals surface area contributed by atoms with E-state index in [-0.39, 0.29) is 23.4 Å². The number of amides is 1. The van der Waals surface area contributed by atoms with E-state index in [1.807, 2.05) is 28.5 Å². The minimum atomic E-state index is -0.135. The number of ether oxygens (including phenoxy) is 1. The number of nitrogens with one attached hydrogen (secondary N) is 3. The van der Waals surface area contributed by atoms with Crippen molar-refractivity contribution in [3.63, 3.8) is 0 Å². The molecular weight excluding hydrogens is 548 g/mol. The third kappa shape index (κ3) is 4.74. The first-order valence-electron chi connectivity index (χ1n) is 13.6. The number of hydrogen-bond acceptors (Lipinski definition) is 11. The van der Waals surface area contributed by atoms with Crippen LogP contribution in [0, 0.1) is 0 Å². The van der Waals surface area contributed by atoms with Crippen LogP contribution in [-0.4, -0.2) is 49.3 Å². The summed E-state index contributed by atoms with van der Waals surface area (Å²) in [5.74, 6) is 1.68. The summed E-state index contributed by atoms with van der Waals surface area (Å²) in [6.45, 7) is 3.06. The van der Waals surface area contributed by atoms with Crippen LogP contribution in [0.2, 0.25) is 0 Å². The summed E-state index contributed by atoms with van der Waals surface area (Å²) in [5, 5.41) is 12.6. The molecule has 2 aliphatic heterocycles. The average Bonchev–Trinajstić information content (AvgIpc) is 3.69. The highest BCUT2D eigenvalue weighted by atomic mass is 32.1. The van der Waals surface area contributed by atoms with Gasteiger partial charge < -0.3 is 35.7 Å². The molecule has 1 saturated carbocycles. The lowest BCUT2D eigenvalue weighted by Crippen LogP contribution is -2.42. The van der Waals surface area contributed by atoms with Gasteiger partial charge in [0, 0.05) is 53.6 Å². The number of pyridine rings is 1. The summed E-state index contributed by atoms with van der Waals surface area (Å²) in [7, 11) is 0. The van der Waals surface area contributed by atoms with Gasteiger partial charge in [0.1, 0.15) is 16.3 Å². The van der Waals surface area contributed by atoms with Gasteiger partial charge in [0.15, 0.2) is 11.5 Å². The van der Waals surface area contributed by atoms with E-state index in [1.165, 1.54) is 22.7 Å². The van der Waals surface area contributed by atoms with Gasteiger partial charge in [-0.25, -0.2) is 4.98 Å². The van der Waals surface area contributed by atoms with Crippen molar-refractivity contribution in [2.24, 2.45) is 5.73 Å². The largest absolute Gasteiger partial charge is 0.439 e. The number of thiophene rings is 2. The number of carbonyl (C=O) groups is 1. The van der Waals surface area contributed by atoms with E-state index in [1.54, 1.807) is 6.07 Å². The van der Waals surface area contributed by atoms with Crippen molar-refractivity contribution in [2.45, 2.75) is 44.3 Å². The predicted octanol–water partition coefficient (Wildman–Crippen LogP) is 4.48. The van der Waals surface area contributed by atoms with Gasteiger partial charge in [-0.15, -0.1) is 22.7 Å². The number of aromatic nitrogens is 1. The second-order valence-corrected chi connectivity index (χ2v) is 12.4. The van der Waals surface area contributed by atoms with Crippen molar-refractivity contribution >= 4 is 61.4 Å². The number of hydrogen-bond donors (Lipinski definition) is 4. The lowest BCUT2D eigenvalue weighted by molar-refractivity contribution is 0.0966. The third-order valence-corrected chi connectivity index (χ3v) is 9.80. The zero-order valence-corrected chi connectivity index (χ0v) is 23.5. The van der Waals surface area contributed by atoms with E-state index in [0.29, 0.717) is 60.4 Å². The lowest BCUT2D eigenvalue weighted by atomic mass is 9.91. The molecule has 0 spiro atoms. The molecule has 208 valence electrons. The summed E-state index contributed by atoms with van der Waals surface area (Å²) < 4.78 is 12.3. The summed E-state index contributed by atoms with van der Waals surface area (Å²) in [6.07, 6.45) is 4.30. The minimum Gasteiger partial charge on any atom is -0.439 e. The summed E-state index contributed by atoms with van der Waals surface area (Å²) >= 11 is 2.92. The van der Waals surface area contributed by atoms with E-state index in [4.69, 9.17) is 19.9 Å². The van der Waals surface area contributed by atoms with Crippen molar-refractivity contribution in [3.8, 4) is 10.4 Å². The fourth-order valence-corrected chi connectivity index (χ4v) is 7.55. The Kier molecular flexibility index (Phi) is 6.70. The number of carbonyl (C=O) groups excluding carboxylic acids is 1. The Balaban J connectivity index is 1.19. The van der Waals surface area contributed by atoms with Crippen molar-refractivity contribution < 1.29 is 13.9 Å². The van der Waals surface area contributed by atoms with Crippen molar-refractivity contribution in [1.82, 2.24) is 10.3 Å². The highest BCUT2D eigenvalue weighted by Crippen LogP contribution is 2.40. The van der Waals surface area contributed by atoms with Gasteiger partial charge in [0.05, 0.1) is 23.8 Å². The normalized spacial score (nSPS) is 20.9. The van der Waals surface area contributed by atoms with Crippen LogP contribution >= 0.6 is 22.7 Å². The van der Waals surface area contributed by atoms with E-state index in [0.717, 1.165) is 52.5 Å². The molecule has 3 aliphatic rings. The van der Waals surface area contributed by atoms with Crippen molar-refractivity contribution in [3.05, 3.63) is 51.0 Å². The Morgan fingerprint density at radius 1 is 1.12 bits per heavy atom. The topological polar surface area (TPSA) is 135 Å². The lowest BCUT2D eigenvalue weighted by Gasteiger charge is -2.30. The Bertz CT molecular complexity index is 1640. The highest BCUT2D eigenvalue weighted by molar-refractivity contribution is 7.21. The molecule has 0 radical (unpaired) electrons. The van der Waals surface area contributed by atoms with Crippen LogP contribution in [0.15, 0.2) is 38.9 Å². The first kappa shape index (κ1) is 25.5. The first-order chi connectivity index (χ1) is 19.5. The monoisotopic (exact) mass is 578 g/mol. The van der Waals surface area contributed by atoms with Crippen LogP contribution in [0.25, 0.3) is 20.7 Å². The van der Waals surface area contributed by atoms with E-state index in [9.17, 15) is 9.59 Å². The zero-order chi connectivity index (χ0) is 27.2. The molecule has 2 fully saturated rings. The minimum absolute atomic E-state index is 0.0401. The average molecular weight is 579 g/mol. The molecule has 1 saturated heterocycles. The van der Waals surface area contributed by atoms with Gasteiger partial charge in [-0.3, -0.25) is 9.59 Å². The third-order valence-electron chi connectivity index (χ3n) is 7.79. The molecule has 5 N–H and O–H groups in total. The Morgan fingerprint density at radius 2 is 1.98 bits per heavy atom. The Hall–Kier alpha value is -3.45. The van der Waals surface area contributed by atoms with Crippen LogP contribution in [0.3, 0.4) is 0 Å². The second-order valence-electron chi connectivity index (χ2n) is 10.4. The number of anilines is 4. The number of fused-ring (bicyclic) bond motifs is 2. The van der Waals surface area contributed by atoms with Gasteiger partial charge >= 0.3 is 0 Å². The maximum atomic E-state index is 12.9. The number of nitrogens with two attached hydrogens (primary N) is 1. The molecule has 2 atom stereocenters. The molecule has 12 heteroatoms. The molecule has 0 aromatic carbocycles. The number of nitrogens with zero attached hydrogens (tertiary/aromatic N) is 2. The van der Waals surface area contributed by atoms with Gasteiger partial charge in [-0.05, 0) is 36.6 Å². The van der Waals surface area contributed by atoms with Crippen LogP contribution in [0.1, 0.15) is 41.6 Å². The van der Waals surface area contributed by atoms with Gasteiger partial charge in [-0.1, -0.05) is 12.8 Å². The highest BCUT2D eigenvalue weighted by Gasteiger charge is 2.28. The summed E-state index contributed by atoms with van der Waals surface area (Å²) in [4.78, 5) is 33.4. The fraction of sp³-hybridized carbons (Fsp3) is 0.393. The van der Waals surface area contributed by atoms with E-state index < -0.39 is 0 Å². The van der Waals surface area contributed by atoms with Crippen molar-refractivity contribution in [2.75, 3.05) is 41.8 Å². The SMILES string of the molecule is N[C@@H]1CCCC[C@@H]1Nc1cc2c(c(Nc3ccc(-c4csc5c(=O)cc(N6CCOCC6)oc45)s3)n1)C(=O)NC2. The maximum Gasteiger partial charge on any atom is 0.255 e. The smallest absolute Gasteiger partial charge is 0.255 e. The summed E-state index contributed by atoms with van der Waals surface area (Å²) in [5.41, 5.74) is 9.28. The van der Waals surface area contributed by atoms with Gasteiger partial charge in [0.2, 0.25) is 5.43 Å². The molecule has 40 heavy (non-hydrogen) atoms. The predicted molar refractivity (Wildman–Crippen MR) is 159 cm³/mol. The molecule has 0 unspecified atom stereocenters.